The molecular formula is C20H34N4O2. The molecule has 0 aromatic carbocycles. The van der Waals surface area contributed by atoms with E-state index in [2.05, 4.69) is 28.5 Å². The van der Waals surface area contributed by atoms with Gasteiger partial charge in [0.2, 0.25) is 11.8 Å². The standard InChI is InChI=1S/C20H34N4O2/c1-3-22-7-8-23(14-19(22)25)18-11-17(18)10-15(2)24-9-6-21(13-20(24)26)12-16-4-5-16/h15-18H,3-14H2,1-2H3. The van der Waals surface area contributed by atoms with Gasteiger partial charge in [0.1, 0.15) is 0 Å². The van der Waals surface area contributed by atoms with Gasteiger partial charge in [-0.3, -0.25) is 19.4 Å². The highest BCUT2D eigenvalue weighted by Gasteiger charge is 2.45. The summed E-state index contributed by atoms with van der Waals surface area (Å²) >= 11 is 0. The fraction of sp³-hybridized carbons (Fsp3) is 0.900. The van der Waals surface area contributed by atoms with E-state index < -0.39 is 0 Å². The SMILES string of the molecule is CCN1CCN(C2CC2CC(C)N2CCN(CC3CC3)CC2=O)CC1=O. The smallest absolute Gasteiger partial charge is 0.237 e. The van der Waals surface area contributed by atoms with Gasteiger partial charge in [0.25, 0.3) is 0 Å². The van der Waals surface area contributed by atoms with Gasteiger partial charge in [0.05, 0.1) is 13.1 Å². The van der Waals surface area contributed by atoms with Crippen LogP contribution in [0.2, 0.25) is 0 Å². The van der Waals surface area contributed by atoms with Crippen molar-refractivity contribution in [2.24, 2.45) is 11.8 Å². The van der Waals surface area contributed by atoms with E-state index in [4.69, 9.17) is 0 Å². The minimum absolute atomic E-state index is 0.277. The molecule has 2 aliphatic carbocycles. The Bertz CT molecular complexity index is 550. The van der Waals surface area contributed by atoms with Crippen molar-refractivity contribution in [1.29, 1.82) is 0 Å². The van der Waals surface area contributed by atoms with Crippen molar-refractivity contribution in [2.45, 2.75) is 51.6 Å². The molecule has 2 amide bonds. The molecule has 0 N–H and O–H groups in total. The van der Waals surface area contributed by atoms with E-state index in [1.54, 1.807) is 0 Å². The normalized spacial score (nSPS) is 32.2. The molecule has 0 aromatic heterocycles. The van der Waals surface area contributed by atoms with Gasteiger partial charge < -0.3 is 9.80 Å². The topological polar surface area (TPSA) is 47.1 Å². The highest BCUT2D eigenvalue weighted by Crippen LogP contribution is 2.40. The zero-order valence-electron chi connectivity index (χ0n) is 16.4. The zero-order valence-corrected chi connectivity index (χ0v) is 16.4. The lowest BCUT2D eigenvalue weighted by atomic mass is 10.1. The number of carbonyl (C=O) groups excluding carboxylic acids is 2. The van der Waals surface area contributed by atoms with Crippen molar-refractivity contribution >= 4 is 11.8 Å². The van der Waals surface area contributed by atoms with Gasteiger partial charge in [0, 0.05) is 51.4 Å². The Morgan fingerprint density at radius 2 is 1.85 bits per heavy atom. The molecule has 3 unspecified atom stereocenters. The number of carbonyl (C=O) groups is 2. The number of hydrogen-bond donors (Lipinski definition) is 0. The molecule has 2 aliphatic heterocycles. The molecule has 6 heteroatoms. The van der Waals surface area contributed by atoms with Crippen LogP contribution < -0.4 is 0 Å². The second-order valence-corrected chi connectivity index (χ2v) is 8.86. The third-order valence-corrected chi connectivity index (χ3v) is 6.81. The van der Waals surface area contributed by atoms with Crippen molar-refractivity contribution < 1.29 is 9.59 Å². The van der Waals surface area contributed by atoms with E-state index in [-0.39, 0.29) is 5.91 Å². The summed E-state index contributed by atoms with van der Waals surface area (Å²) in [6.45, 7) is 11.2. The minimum Gasteiger partial charge on any atom is -0.341 e. The summed E-state index contributed by atoms with van der Waals surface area (Å²) < 4.78 is 0. The average molecular weight is 363 g/mol. The molecule has 2 saturated heterocycles. The largest absolute Gasteiger partial charge is 0.341 e. The van der Waals surface area contributed by atoms with E-state index in [9.17, 15) is 9.59 Å². The first-order chi connectivity index (χ1) is 12.5. The number of nitrogens with zero attached hydrogens (tertiary/aromatic N) is 4. The van der Waals surface area contributed by atoms with E-state index >= 15 is 0 Å². The minimum atomic E-state index is 0.277. The van der Waals surface area contributed by atoms with Crippen LogP contribution in [0.4, 0.5) is 0 Å². The summed E-state index contributed by atoms with van der Waals surface area (Å²) in [5.41, 5.74) is 0. The van der Waals surface area contributed by atoms with Crippen LogP contribution >= 0.6 is 0 Å². The maximum Gasteiger partial charge on any atom is 0.237 e. The van der Waals surface area contributed by atoms with Crippen molar-refractivity contribution in [3.05, 3.63) is 0 Å². The predicted molar refractivity (Wildman–Crippen MR) is 101 cm³/mol. The molecule has 2 heterocycles. The molecule has 2 saturated carbocycles. The first kappa shape index (κ1) is 18.2. The summed E-state index contributed by atoms with van der Waals surface area (Å²) in [6, 6.07) is 0.889. The number of hydrogen-bond acceptors (Lipinski definition) is 4. The van der Waals surface area contributed by atoms with E-state index in [1.807, 2.05) is 4.90 Å². The molecule has 0 aromatic rings. The Morgan fingerprint density at radius 1 is 1.04 bits per heavy atom. The Kier molecular flexibility index (Phi) is 5.24. The second kappa shape index (κ2) is 7.47. The van der Waals surface area contributed by atoms with Crippen LogP contribution in [-0.2, 0) is 9.59 Å². The molecule has 0 spiro atoms. The Hall–Kier alpha value is -1.14. The number of likely N-dealkylation sites (N-methyl/N-ethyl adjacent to an activating group) is 1. The summed E-state index contributed by atoms with van der Waals surface area (Å²) in [7, 11) is 0. The lowest BCUT2D eigenvalue weighted by Crippen LogP contribution is -2.54. The first-order valence-corrected chi connectivity index (χ1v) is 10.6. The third kappa shape index (κ3) is 4.06. The maximum absolute atomic E-state index is 12.6. The molecule has 146 valence electrons. The lowest BCUT2D eigenvalue weighted by molar-refractivity contribution is -0.138. The van der Waals surface area contributed by atoms with Crippen molar-refractivity contribution in [2.75, 3.05) is 52.4 Å². The molecule has 4 rings (SSSR count). The van der Waals surface area contributed by atoms with Crippen LogP contribution in [0.15, 0.2) is 0 Å². The molecule has 0 bridgehead atoms. The molecule has 4 aliphatic rings. The highest BCUT2D eigenvalue weighted by atomic mass is 16.2. The first-order valence-electron chi connectivity index (χ1n) is 10.6. The number of piperazine rings is 2. The quantitative estimate of drug-likeness (QED) is 0.674. The number of rotatable bonds is 7. The third-order valence-electron chi connectivity index (χ3n) is 6.81. The van der Waals surface area contributed by atoms with Crippen LogP contribution in [0.5, 0.6) is 0 Å². The predicted octanol–water partition coefficient (Wildman–Crippen LogP) is 0.872. The van der Waals surface area contributed by atoms with Crippen molar-refractivity contribution in [1.82, 2.24) is 19.6 Å². The fourth-order valence-electron chi connectivity index (χ4n) is 4.86. The fourth-order valence-corrected chi connectivity index (χ4v) is 4.86. The lowest BCUT2D eigenvalue weighted by Gasteiger charge is -2.38. The van der Waals surface area contributed by atoms with Gasteiger partial charge >= 0.3 is 0 Å². The van der Waals surface area contributed by atoms with Gasteiger partial charge in [-0.1, -0.05) is 0 Å². The average Bonchev–Trinajstić information content (AvgIpc) is 3.52. The summed E-state index contributed by atoms with van der Waals surface area (Å²) in [5, 5.41) is 0. The molecule has 26 heavy (non-hydrogen) atoms. The van der Waals surface area contributed by atoms with Gasteiger partial charge in [-0.25, -0.2) is 0 Å². The molecular weight excluding hydrogens is 328 g/mol. The Morgan fingerprint density at radius 3 is 2.50 bits per heavy atom. The van der Waals surface area contributed by atoms with Gasteiger partial charge in [-0.2, -0.15) is 0 Å². The highest BCUT2D eigenvalue weighted by molar-refractivity contribution is 5.79. The molecule has 0 radical (unpaired) electrons. The van der Waals surface area contributed by atoms with Crippen LogP contribution in [0.1, 0.15) is 39.5 Å². The van der Waals surface area contributed by atoms with Crippen LogP contribution in [-0.4, -0.2) is 95.9 Å². The molecule has 4 fully saturated rings. The summed E-state index contributed by atoms with van der Waals surface area (Å²) in [5.74, 6) is 2.10. The van der Waals surface area contributed by atoms with Crippen molar-refractivity contribution in [3.8, 4) is 0 Å². The van der Waals surface area contributed by atoms with Crippen LogP contribution in [0.25, 0.3) is 0 Å². The molecule has 6 nitrogen and oxygen atoms in total. The van der Waals surface area contributed by atoms with E-state index in [0.29, 0.717) is 37.0 Å². The zero-order chi connectivity index (χ0) is 18.3. The monoisotopic (exact) mass is 362 g/mol. The van der Waals surface area contributed by atoms with Crippen molar-refractivity contribution in [3.63, 3.8) is 0 Å². The summed E-state index contributed by atoms with van der Waals surface area (Å²) in [4.78, 5) is 33.5. The van der Waals surface area contributed by atoms with Crippen LogP contribution in [0.3, 0.4) is 0 Å². The van der Waals surface area contributed by atoms with Gasteiger partial charge in [0.15, 0.2) is 0 Å². The Balaban J connectivity index is 1.21. The van der Waals surface area contributed by atoms with Gasteiger partial charge in [-0.05, 0) is 51.4 Å². The summed E-state index contributed by atoms with van der Waals surface area (Å²) in [6.07, 6.45) is 4.98. The van der Waals surface area contributed by atoms with E-state index in [0.717, 1.165) is 51.6 Å². The van der Waals surface area contributed by atoms with Crippen LogP contribution in [0, 0.1) is 11.8 Å². The van der Waals surface area contributed by atoms with Gasteiger partial charge in [-0.15, -0.1) is 0 Å². The second-order valence-electron chi connectivity index (χ2n) is 8.86. The van der Waals surface area contributed by atoms with E-state index in [1.165, 1.54) is 19.3 Å². The maximum atomic E-state index is 12.6. The number of amides is 2. The Labute approximate surface area is 157 Å². The molecule has 3 atom stereocenters.